The Labute approximate surface area is 172 Å². The van der Waals surface area contributed by atoms with Crippen molar-refractivity contribution in [3.8, 4) is 0 Å². The number of hydrogen-bond acceptors (Lipinski definition) is 5. The van der Waals surface area contributed by atoms with E-state index in [4.69, 9.17) is 0 Å². The third-order valence-electron chi connectivity index (χ3n) is 6.21. The van der Waals surface area contributed by atoms with Crippen LogP contribution in [0.3, 0.4) is 0 Å². The Hall–Kier alpha value is -2.12. The van der Waals surface area contributed by atoms with Crippen molar-refractivity contribution in [3.05, 3.63) is 23.8 Å². The summed E-state index contributed by atoms with van der Waals surface area (Å²) in [6, 6.07) is 5.45. The van der Waals surface area contributed by atoms with E-state index >= 15 is 0 Å². The van der Waals surface area contributed by atoms with E-state index in [2.05, 4.69) is 15.5 Å². The van der Waals surface area contributed by atoms with Crippen LogP contribution in [0.15, 0.2) is 18.2 Å². The summed E-state index contributed by atoms with van der Waals surface area (Å²) in [5.41, 5.74) is 2.33. The molecule has 1 aromatic carbocycles. The quantitative estimate of drug-likeness (QED) is 0.702. The molecule has 1 aromatic rings. The van der Waals surface area contributed by atoms with Gasteiger partial charge in [-0.25, -0.2) is 0 Å². The Kier molecular flexibility index (Phi) is 6.35. The van der Waals surface area contributed by atoms with Crippen molar-refractivity contribution in [1.29, 1.82) is 0 Å². The summed E-state index contributed by atoms with van der Waals surface area (Å²) in [6.45, 7) is 3.72. The highest BCUT2D eigenvalue weighted by Crippen LogP contribution is 2.32. The molecule has 7 nitrogen and oxygen atoms in total. The Morgan fingerprint density at radius 3 is 2.55 bits per heavy atom. The van der Waals surface area contributed by atoms with Crippen LogP contribution in [0.25, 0.3) is 0 Å². The lowest BCUT2D eigenvalue weighted by atomic mass is 10.1. The number of anilines is 2. The SMILES string of the molecule is O=C(Nc1ccc(C(=O)N2CCNCC2CO)c(N2CCCCCC2)c1)C1CC1. The van der Waals surface area contributed by atoms with Crippen LogP contribution in [0.1, 0.15) is 48.9 Å². The molecule has 158 valence electrons. The van der Waals surface area contributed by atoms with E-state index in [-0.39, 0.29) is 30.4 Å². The van der Waals surface area contributed by atoms with Gasteiger partial charge in [0, 0.05) is 44.3 Å². The van der Waals surface area contributed by atoms with Gasteiger partial charge in [0.2, 0.25) is 5.91 Å². The summed E-state index contributed by atoms with van der Waals surface area (Å²) in [5, 5.41) is 16.0. The Balaban J connectivity index is 1.63. The molecule has 0 aromatic heterocycles. The maximum absolute atomic E-state index is 13.4. The third-order valence-corrected chi connectivity index (χ3v) is 6.21. The van der Waals surface area contributed by atoms with Crippen molar-refractivity contribution in [2.75, 3.05) is 49.5 Å². The molecule has 0 spiro atoms. The van der Waals surface area contributed by atoms with Crippen LogP contribution in [-0.2, 0) is 4.79 Å². The summed E-state index contributed by atoms with van der Waals surface area (Å²) in [6.07, 6.45) is 6.57. The molecule has 0 bridgehead atoms. The number of rotatable bonds is 5. The van der Waals surface area contributed by atoms with Gasteiger partial charge in [-0.2, -0.15) is 0 Å². The maximum Gasteiger partial charge on any atom is 0.256 e. The van der Waals surface area contributed by atoms with Gasteiger partial charge in [-0.15, -0.1) is 0 Å². The number of carbonyl (C=O) groups is 2. The fourth-order valence-electron chi connectivity index (χ4n) is 4.30. The molecule has 3 aliphatic rings. The smallest absolute Gasteiger partial charge is 0.256 e. The Bertz CT molecular complexity index is 742. The van der Waals surface area contributed by atoms with Crippen molar-refractivity contribution in [3.63, 3.8) is 0 Å². The molecule has 1 aliphatic carbocycles. The lowest BCUT2D eigenvalue weighted by molar-refractivity contribution is -0.117. The van der Waals surface area contributed by atoms with Crippen LogP contribution in [-0.4, -0.2) is 67.2 Å². The van der Waals surface area contributed by atoms with Gasteiger partial charge in [0.05, 0.1) is 23.9 Å². The van der Waals surface area contributed by atoms with E-state index < -0.39 is 0 Å². The van der Waals surface area contributed by atoms with Crippen LogP contribution < -0.4 is 15.5 Å². The number of hydrogen-bond donors (Lipinski definition) is 3. The summed E-state index contributed by atoms with van der Waals surface area (Å²) in [4.78, 5) is 29.8. The number of amides is 2. The normalized spacial score (nSPS) is 22.9. The number of carbonyl (C=O) groups excluding carboxylic acids is 2. The first-order valence-corrected chi connectivity index (χ1v) is 11.0. The molecule has 1 atom stereocenters. The number of benzene rings is 1. The van der Waals surface area contributed by atoms with Crippen molar-refractivity contribution in [2.24, 2.45) is 5.92 Å². The molecule has 29 heavy (non-hydrogen) atoms. The highest BCUT2D eigenvalue weighted by atomic mass is 16.3. The van der Waals surface area contributed by atoms with E-state index in [0.717, 1.165) is 56.7 Å². The standard InChI is InChI=1S/C22H32N4O3/c27-15-18-14-23-9-12-26(18)22(29)19-8-7-17(24-21(28)16-5-6-16)13-20(19)25-10-3-1-2-4-11-25/h7-8,13,16,18,23,27H,1-6,9-12,14-15H2,(H,24,28). The zero-order valence-electron chi connectivity index (χ0n) is 17.0. The zero-order valence-corrected chi connectivity index (χ0v) is 17.0. The van der Waals surface area contributed by atoms with Gasteiger partial charge in [0.25, 0.3) is 5.91 Å². The monoisotopic (exact) mass is 400 g/mol. The molecule has 2 heterocycles. The van der Waals surface area contributed by atoms with Gasteiger partial charge in [0.1, 0.15) is 0 Å². The maximum atomic E-state index is 13.4. The number of nitrogens with one attached hydrogen (secondary N) is 2. The summed E-state index contributed by atoms with van der Waals surface area (Å²) in [5.74, 6) is 0.183. The molecule has 2 saturated heterocycles. The Morgan fingerprint density at radius 2 is 1.86 bits per heavy atom. The average molecular weight is 401 g/mol. The third kappa shape index (κ3) is 4.73. The van der Waals surface area contributed by atoms with Crippen LogP contribution >= 0.6 is 0 Å². The van der Waals surface area contributed by atoms with E-state index in [1.54, 1.807) is 4.90 Å². The fraction of sp³-hybridized carbons (Fsp3) is 0.636. The molecule has 0 radical (unpaired) electrons. The van der Waals surface area contributed by atoms with Crippen LogP contribution in [0, 0.1) is 5.92 Å². The first-order valence-electron chi connectivity index (χ1n) is 11.0. The highest BCUT2D eigenvalue weighted by Gasteiger charge is 2.31. The first kappa shape index (κ1) is 20.2. The predicted octanol–water partition coefficient (Wildman–Crippen LogP) is 1.82. The van der Waals surface area contributed by atoms with Gasteiger partial charge < -0.3 is 25.5 Å². The lowest BCUT2D eigenvalue weighted by Crippen LogP contribution is -2.55. The summed E-state index contributed by atoms with van der Waals surface area (Å²) >= 11 is 0. The summed E-state index contributed by atoms with van der Waals surface area (Å²) in [7, 11) is 0. The van der Waals surface area contributed by atoms with Crippen molar-refractivity contribution in [1.82, 2.24) is 10.2 Å². The largest absolute Gasteiger partial charge is 0.394 e. The predicted molar refractivity (Wildman–Crippen MR) is 113 cm³/mol. The number of aliphatic hydroxyl groups is 1. The van der Waals surface area contributed by atoms with E-state index in [9.17, 15) is 14.7 Å². The van der Waals surface area contributed by atoms with Crippen molar-refractivity contribution < 1.29 is 14.7 Å². The van der Waals surface area contributed by atoms with Crippen molar-refractivity contribution >= 4 is 23.2 Å². The molecule has 1 saturated carbocycles. The number of aliphatic hydroxyl groups excluding tert-OH is 1. The van der Waals surface area contributed by atoms with Gasteiger partial charge in [0.15, 0.2) is 0 Å². The van der Waals surface area contributed by atoms with Gasteiger partial charge in [-0.3, -0.25) is 9.59 Å². The fourth-order valence-corrected chi connectivity index (χ4v) is 4.30. The number of nitrogens with zero attached hydrogens (tertiary/aromatic N) is 2. The molecular weight excluding hydrogens is 368 g/mol. The zero-order chi connectivity index (χ0) is 20.2. The molecule has 2 amide bonds. The minimum absolute atomic E-state index is 0.0372. The summed E-state index contributed by atoms with van der Waals surface area (Å²) < 4.78 is 0. The topological polar surface area (TPSA) is 84.9 Å². The average Bonchev–Trinajstić information content (AvgIpc) is 3.60. The molecule has 3 N–H and O–H groups in total. The Morgan fingerprint density at radius 1 is 1.10 bits per heavy atom. The van der Waals surface area contributed by atoms with Crippen LogP contribution in [0.4, 0.5) is 11.4 Å². The minimum atomic E-state index is -0.206. The molecule has 4 rings (SSSR count). The van der Waals surface area contributed by atoms with E-state index in [1.807, 2.05) is 18.2 Å². The lowest BCUT2D eigenvalue weighted by Gasteiger charge is -2.36. The minimum Gasteiger partial charge on any atom is -0.394 e. The van der Waals surface area contributed by atoms with E-state index in [0.29, 0.717) is 18.7 Å². The van der Waals surface area contributed by atoms with Crippen LogP contribution in [0.5, 0.6) is 0 Å². The van der Waals surface area contributed by atoms with Gasteiger partial charge in [-0.05, 0) is 43.9 Å². The molecule has 2 aliphatic heterocycles. The first-order chi connectivity index (χ1) is 14.2. The highest BCUT2D eigenvalue weighted by molar-refractivity contribution is 6.02. The van der Waals surface area contributed by atoms with Gasteiger partial charge >= 0.3 is 0 Å². The molecule has 7 heteroatoms. The van der Waals surface area contributed by atoms with E-state index in [1.165, 1.54) is 12.8 Å². The number of piperazine rings is 1. The van der Waals surface area contributed by atoms with Crippen LogP contribution in [0.2, 0.25) is 0 Å². The molecule has 3 fully saturated rings. The second-order valence-corrected chi connectivity index (χ2v) is 8.44. The molecule has 1 unspecified atom stereocenters. The molecular formula is C22H32N4O3. The van der Waals surface area contributed by atoms with Gasteiger partial charge in [-0.1, -0.05) is 12.8 Å². The second kappa shape index (κ2) is 9.13. The second-order valence-electron chi connectivity index (χ2n) is 8.44. The van der Waals surface area contributed by atoms with Crippen molar-refractivity contribution in [2.45, 2.75) is 44.6 Å².